The van der Waals surface area contributed by atoms with E-state index in [2.05, 4.69) is 94.9 Å². The molecule has 2 aromatic carbocycles. The third-order valence-corrected chi connectivity index (χ3v) is 5.74. The molecule has 1 nitrogen and oxygen atoms in total. The lowest BCUT2D eigenvalue weighted by Gasteiger charge is -2.22. The highest BCUT2D eigenvalue weighted by Crippen LogP contribution is 2.52. The molecule has 3 aromatic rings. The van der Waals surface area contributed by atoms with Gasteiger partial charge in [0.2, 0.25) is 5.69 Å². The third-order valence-electron chi connectivity index (χ3n) is 5.74. The monoisotopic (exact) mass is 328 g/mol. The molecule has 0 radical (unpaired) electrons. The Bertz CT molecular complexity index is 1010. The second-order valence-electron chi connectivity index (χ2n) is 8.06. The predicted octanol–water partition coefficient (Wildman–Crippen LogP) is 5.41. The Hall–Kier alpha value is -2.41. The standard InChI is InChI=1S/C24H26N/c1-15-7-10-18-20(13-15)24(4,5)19-11-9-17(3)22(23(18)19)21-12-8-16(2)14-25(21)6/h7-14H,1-6H3/q+1. The van der Waals surface area contributed by atoms with Crippen molar-refractivity contribution >= 4 is 0 Å². The van der Waals surface area contributed by atoms with E-state index in [0.29, 0.717) is 0 Å². The van der Waals surface area contributed by atoms with Gasteiger partial charge in [0.15, 0.2) is 6.20 Å². The Morgan fingerprint density at radius 3 is 2.20 bits per heavy atom. The molecular formula is C24H26N+. The average molecular weight is 328 g/mol. The van der Waals surface area contributed by atoms with Crippen molar-refractivity contribution in [1.29, 1.82) is 0 Å². The molecule has 126 valence electrons. The largest absolute Gasteiger partial charge is 0.213 e. The summed E-state index contributed by atoms with van der Waals surface area (Å²) in [4.78, 5) is 0. The summed E-state index contributed by atoms with van der Waals surface area (Å²) >= 11 is 0. The first-order valence-corrected chi connectivity index (χ1v) is 9.03. The molecule has 0 bridgehead atoms. The fourth-order valence-electron chi connectivity index (χ4n) is 4.38. The van der Waals surface area contributed by atoms with Crippen LogP contribution < -0.4 is 4.57 Å². The fourth-order valence-corrected chi connectivity index (χ4v) is 4.38. The summed E-state index contributed by atoms with van der Waals surface area (Å²) in [5, 5.41) is 0. The van der Waals surface area contributed by atoms with Crippen LogP contribution >= 0.6 is 0 Å². The smallest absolute Gasteiger partial charge is 0.201 e. The quantitative estimate of drug-likeness (QED) is 0.526. The van der Waals surface area contributed by atoms with Crippen molar-refractivity contribution < 1.29 is 4.57 Å². The van der Waals surface area contributed by atoms with Gasteiger partial charge in [-0.15, -0.1) is 0 Å². The molecule has 1 heteroatoms. The number of benzene rings is 2. The Morgan fingerprint density at radius 1 is 0.760 bits per heavy atom. The van der Waals surface area contributed by atoms with Gasteiger partial charge in [0.25, 0.3) is 0 Å². The van der Waals surface area contributed by atoms with Crippen LogP contribution in [-0.4, -0.2) is 0 Å². The zero-order valence-corrected chi connectivity index (χ0v) is 16.1. The van der Waals surface area contributed by atoms with Crippen molar-refractivity contribution in [2.75, 3.05) is 0 Å². The van der Waals surface area contributed by atoms with E-state index in [0.717, 1.165) is 0 Å². The van der Waals surface area contributed by atoms with Gasteiger partial charge in [-0.05, 0) is 49.1 Å². The van der Waals surface area contributed by atoms with Gasteiger partial charge in [0, 0.05) is 22.6 Å². The van der Waals surface area contributed by atoms with E-state index in [-0.39, 0.29) is 5.41 Å². The van der Waals surface area contributed by atoms with Crippen LogP contribution in [-0.2, 0) is 12.5 Å². The first-order valence-electron chi connectivity index (χ1n) is 9.03. The number of hydrogen-bond acceptors (Lipinski definition) is 0. The zero-order valence-electron chi connectivity index (χ0n) is 16.1. The van der Waals surface area contributed by atoms with Crippen LogP contribution in [0.5, 0.6) is 0 Å². The molecule has 1 aromatic heterocycles. The number of aromatic nitrogens is 1. The van der Waals surface area contributed by atoms with E-state index in [1.807, 2.05) is 0 Å². The number of rotatable bonds is 1. The van der Waals surface area contributed by atoms with Crippen LogP contribution in [0.15, 0.2) is 48.7 Å². The van der Waals surface area contributed by atoms with Crippen LogP contribution in [0.1, 0.15) is 41.7 Å². The molecule has 0 aliphatic heterocycles. The number of nitrogens with zero attached hydrogens (tertiary/aromatic N) is 1. The van der Waals surface area contributed by atoms with E-state index in [1.54, 1.807) is 0 Å². The second kappa shape index (κ2) is 5.29. The molecule has 1 heterocycles. The summed E-state index contributed by atoms with van der Waals surface area (Å²) in [5.74, 6) is 0. The van der Waals surface area contributed by atoms with Gasteiger partial charge in [-0.25, -0.2) is 4.57 Å². The van der Waals surface area contributed by atoms with E-state index in [1.165, 1.54) is 50.2 Å². The molecule has 0 amide bonds. The van der Waals surface area contributed by atoms with E-state index >= 15 is 0 Å². The van der Waals surface area contributed by atoms with Crippen molar-refractivity contribution in [2.24, 2.45) is 7.05 Å². The highest BCUT2D eigenvalue weighted by molar-refractivity contribution is 5.92. The topological polar surface area (TPSA) is 3.88 Å². The Kier molecular flexibility index (Phi) is 3.40. The average Bonchev–Trinajstić information content (AvgIpc) is 2.76. The lowest BCUT2D eigenvalue weighted by atomic mass is 9.81. The summed E-state index contributed by atoms with van der Waals surface area (Å²) in [6, 6.07) is 16.0. The van der Waals surface area contributed by atoms with Gasteiger partial charge >= 0.3 is 0 Å². The van der Waals surface area contributed by atoms with Gasteiger partial charge < -0.3 is 0 Å². The lowest BCUT2D eigenvalue weighted by molar-refractivity contribution is -0.660. The molecule has 0 spiro atoms. The number of aryl methyl sites for hydroxylation is 4. The van der Waals surface area contributed by atoms with Crippen LogP contribution in [0.25, 0.3) is 22.4 Å². The summed E-state index contributed by atoms with van der Waals surface area (Å²) in [7, 11) is 2.15. The van der Waals surface area contributed by atoms with Crippen molar-refractivity contribution in [3.05, 3.63) is 76.5 Å². The van der Waals surface area contributed by atoms with Crippen molar-refractivity contribution in [3.63, 3.8) is 0 Å². The maximum absolute atomic E-state index is 2.36. The van der Waals surface area contributed by atoms with Gasteiger partial charge in [-0.2, -0.15) is 0 Å². The van der Waals surface area contributed by atoms with Gasteiger partial charge in [0.05, 0.1) is 5.56 Å². The first kappa shape index (κ1) is 16.1. The molecule has 25 heavy (non-hydrogen) atoms. The van der Waals surface area contributed by atoms with Crippen molar-refractivity contribution in [3.8, 4) is 22.4 Å². The van der Waals surface area contributed by atoms with Crippen LogP contribution in [0.3, 0.4) is 0 Å². The summed E-state index contributed by atoms with van der Waals surface area (Å²) in [6.07, 6.45) is 2.21. The molecular weight excluding hydrogens is 302 g/mol. The zero-order chi connectivity index (χ0) is 17.9. The van der Waals surface area contributed by atoms with Gasteiger partial charge in [0.1, 0.15) is 7.05 Å². The maximum Gasteiger partial charge on any atom is 0.213 e. The van der Waals surface area contributed by atoms with Gasteiger partial charge in [-0.1, -0.05) is 49.7 Å². The lowest BCUT2D eigenvalue weighted by Crippen LogP contribution is -2.31. The highest BCUT2D eigenvalue weighted by Gasteiger charge is 2.38. The molecule has 0 N–H and O–H groups in total. The molecule has 0 atom stereocenters. The normalized spacial score (nSPS) is 14.3. The molecule has 0 fully saturated rings. The predicted molar refractivity (Wildman–Crippen MR) is 105 cm³/mol. The van der Waals surface area contributed by atoms with Crippen LogP contribution in [0, 0.1) is 20.8 Å². The minimum atomic E-state index is 0.0441. The fraction of sp³-hybridized carbons (Fsp3) is 0.292. The van der Waals surface area contributed by atoms with Gasteiger partial charge in [-0.3, -0.25) is 0 Å². The van der Waals surface area contributed by atoms with Crippen LogP contribution in [0.2, 0.25) is 0 Å². The molecule has 1 aliphatic rings. The van der Waals surface area contributed by atoms with E-state index < -0.39 is 0 Å². The SMILES string of the molecule is Cc1ccc2c(c1)C(C)(C)c1ccc(C)c(-c3ccc(C)c[n+]3C)c1-2. The van der Waals surface area contributed by atoms with E-state index in [9.17, 15) is 0 Å². The molecule has 1 aliphatic carbocycles. The summed E-state index contributed by atoms with van der Waals surface area (Å²) in [5.41, 5.74) is 12.3. The minimum absolute atomic E-state index is 0.0441. The number of hydrogen-bond donors (Lipinski definition) is 0. The second-order valence-corrected chi connectivity index (χ2v) is 8.06. The molecule has 0 saturated carbocycles. The van der Waals surface area contributed by atoms with Crippen LogP contribution in [0.4, 0.5) is 0 Å². The first-order chi connectivity index (χ1) is 11.8. The summed E-state index contributed by atoms with van der Waals surface area (Å²) < 4.78 is 2.26. The third kappa shape index (κ3) is 2.26. The Balaban J connectivity index is 2.11. The number of fused-ring (bicyclic) bond motifs is 3. The molecule has 0 saturated heterocycles. The minimum Gasteiger partial charge on any atom is -0.201 e. The Labute approximate surface area is 151 Å². The Morgan fingerprint density at radius 2 is 1.48 bits per heavy atom. The number of pyridine rings is 1. The van der Waals surface area contributed by atoms with Crippen molar-refractivity contribution in [2.45, 2.75) is 40.0 Å². The van der Waals surface area contributed by atoms with E-state index in [4.69, 9.17) is 0 Å². The summed E-state index contributed by atoms with van der Waals surface area (Å²) in [6.45, 7) is 11.3. The highest BCUT2D eigenvalue weighted by atomic mass is 14.9. The van der Waals surface area contributed by atoms with Crippen molar-refractivity contribution in [1.82, 2.24) is 0 Å². The molecule has 0 unspecified atom stereocenters. The molecule has 4 rings (SSSR count). The maximum atomic E-state index is 2.36.